The van der Waals surface area contributed by atoms with Gasteiger partial charge in [0.05, 0.1) is 0 Å². The maximum absolute atomic E-state index is 12.4. The summed E-state index contributed by atoms with van der Waals surface area (Å²) in [5.41, 5.74) is 1.79. The Kier molecular flexibility index (Phi) is 5.38. The molecule has 1 fully saturated rings. The van der Waals surface area contributed by atoms with Crippen molar-refractivity contribution in [2.24, 2.45) is 0 Å². The highest BCUT2D eigenvalue weighted by molar-refractivity contribution is 5.98. The van der Waals surface area contributed by atoms with Crippen molar-refractivity contribution in [3.8, 4) is 0 Å². The van der Waals surface area contributed by atoms with Crippen LogP contribution >= 0.6 is 0 Å². The first kappa shape index (κ1) is 17.1. The number of carbonyl (C=O) groups excluding carboxylic acids is 2. The summed E-state index contributed by atoms with van der Waals surface area (Å²) in [5.74, 6) is 0.753. The number of ketones is 1. The Labute approximate surface area is 147 Å². The zero-order valence-electron chi connectivity index (χ0n) is 14.4. The summed E-state index contributed by atoms with van der Waals surface area (Å²) in [7, 11) is 0. The molecule has 0 aliphatic carbocycles. The molecule has 6 nitrogen and oxygen atoms in total. The Hall–Kier alpha value is -2.76. The third-order valence-corrected chi connectivity index (χ3v) is 4.41. The summed E-state index contributed by atoms with van der Waals surface area (Å²) in [5, 5.41) is 0. The van der Waals surface area contributed by atoms with Gasteiger partial charge in [0, 0.05) is 57.0 Å². The van der Waals surface area contributed by atoms with Crippen molar-refractivity contribution in [1.82, 2.24) is 14.9 Å². The Balaban J connectivity index is 1.46. The second-order valence-corrected chi connectivity index (χ2v) is 6.21. The van der Waals surface area contributed by atoms with Gasteiger partial charge in [-0.1, -0.05) is 29.8 Å². The Morgan fingerprint density at radius 1 is 0.960 bits per heavy atom. The van der Waals surface area contributed by atoms with Crippen LogP contribution in [-0.4, -0.2) is 52.7 Å². The van der Waals surface area contributed by atoms with Gasteiger partial charge in [-0.3, -0.25) is 9.59 Å². The number of rotatable bonds is 5. The Bertz CT molecular complexity index is 723. The van der Waals surface area contributed by atoms with Crippen molar-refractivity contribution in [2.45, 2.75) is 19.8 Å². The fraction of sp³-hybridized carbons (Fsp3) is 0.368. The minimum Gasteiger partial charge on any atom is -0.339 e. The fourth-order valence-corrected chi connectivity index (χ4v) is 2.87. The van der Waals surface area contributed by atoms with E-state index >= 15 is 0 Å². The molecule has 1 aliphatic heterocycles. The van der Waals surface area contributed by atoms with E-state index in [1.54, 1.807) is 18.5 Å². The van der Waals surface area contributed by atoms with Crippen LogP contribution in [0.25, 0.3) is 0 Å². The zero-order valence-corrected chi connectivity index (χ0v) is 14.4. The molecule has 0 bridgehead atoms. The standard InChI is InChI=1S/C19H22N4O2/c1-15-3-5-16(6-4-15)17(24)7-8-18(25)22-11-13-23(14-12-22)19-20-9-2-10-21-19/h2-6,9-10H,7-8,11-14H2,1H3. The second-order valence-electron chi connectivity index (χ2n) is 6.21. The molecule has 1 amide bonds. The van der Waals surface area contributed by atoms with Gasteiger partial charge in [-0.25, -0.2) is 9.97 Å². The van der Waals surface area contributed by atoms with Crippen molar-refractivity contribution in [3.63, 3.8) is 0 Å². The van der Waals surface area contributed by atoms with Crippen LogP contribution in [0.4, 0.5) is 5.95 Å². The van der Waals surface area contributed by atoms with Crippen molar-refractivity contribution in [3.05, 3.63) is 53.9 Å². The van der Waals surface area contributed by atoms with Crippen LogP contribution in [0.3, 0.4) is 0 Å². The molecule has 1 aromatic heterocycles. The van der Waals surface area contributed by atoms with Crippen LogP contribution in [0.5, 0.6) is 0 Å². The van der Waals surface area contributed by atoms with E-state index in [2.05, 4.69) is 14.9 Å². The summed E-state index contributed by atoms with van der Waals surface area (Å²) in [6.07, 6.45) is 3.95. The number of hydrogen-bond acceptors (Lipinski definition) is 5. The molecule has 1 saturated heterocycles. The average molecular weight is 338 g/mol. The number of aromatic nitrogens is 2. The number of hydrogen-bond donors (Lipinski definition) is 0. The molecule has 1 aromatic carbocycles. The third kappa shape index (κ3) is 4.41. The highest BCUT2D eigenvalue weighted by Gasteiger charge is 2.22. The van der Waals surface area contributed by atoms with E-state index in [-0.39, 0.29) is 24.5 Å². The molecule has 6 heteroatoms. The van der Waals surface area contributed by atoms with Crippen LogP contribution in [0, 0.1) is 6.92 Å². The molecule has 0 spiro atoms. The van der Waals surface area contributed by atoms with E-state index in [4.69, 9.17) is 0 Å². The number of anilines is 1. The minimum absolute atomic E-state index is 0.0182. The molecule has 2 heterocycles. The first-order chi connectivity index (χ1) is 12.1. The fourth-order valence-electron chi connectivity index (χ4n) is 2.87. The summed E-state index contributed by atoms with van der Waals surface area (Å²) in [4.78, 5) is 36.9. The van der Waals surface area contributed by atoms with Crippen molar-refractivity contribution < 1.29 is 9.59 Å². The summed E-state index contributed by atoms with van der Waals surface area (Å²) in [6.45, 7) is 4.67. The molecule has 130 valence electrons. The summed E-state index contributed by atoms with van der Waals surface area (Å²) < 4.78 is 0. The molecular weight excluding hydrogens is 316 g/mol. The lowest BCUT2D eigenvalue weighted by molar-refractivity contribution is -0.131. The third-order valence-electron chi connectivity index (χ3n) is 4.41. The van der Waals surface area contributed by atoms with Gasteiger partial charge in [0.2, 0.25) is 11.9 Å². The van der Waals surface area contributed by atoms with E-state index in [1.165, 1.54) is 0 Å². The molecule has 0 unspecified atom stereocenters. The van der Waals surface area contributed by atoms with Crippen LogP contribution < -0.4 is 4.90 Å². The molecule has 3 rings (SSSR count). The number of aryl methyl sites for hydroxylation is 1. The van der Waals surface area contributed by atoms with Gasteiger partial charge in [-0.05, 0) is 13.0 Å². The van der Waals surface area contributed by atoms with Crippen molar-refractivity contribution in [2.75, 3.05) is 31.1 Å². The van der Waals surface area contributed by atoms with E-state index < -0.39 is 0 Å². The Morgan fingerprint density at radius 3 is 2.24 bits per heavy atom. The minimum atomic E-state index is 0.0182. The number of amides is 1. The predicted octanol–water partition coefficient (Wildman–Crippen LogP) is 2.10. The van der Waals surface area contributed by atoms with Crippen LogP contribution in [0.1, 0.15) is 28.8 Å². The van der Waals surface area contributed by atoms with Crippen molar-refractivity contribution in [1.29, 1.82) is 0 Å². The van der Waals surface area contributed by atoms with Gasteiger partial charge in [0.15, 0.2) is 5.78 Å². The van der Waals surface area contributed by atoms with Crippen LogP contribution in [0.15, 0.2) is 42.7 Å². The molecular formula is C19H22N4O2. The highest BCUT2D eigenvalue weighted by atomic mass is 16.2. The molecule has 0 atom stereocenters. The predicted molar refractivity (Wildman–Crippen MR) is 95.6 cm³/mol. The SMILES string of the molecule is Cc1ccc(C(=O)CCC(=O)N2CCN(c3ncccn3)CC2)cc1. The number of carbonyl (C=O) groups is 2. The molecule has 0 radical (unpaired) electrons. The maximum Gasteiger partial charge on any atom is 0.225 e. The van der Waals surface area contributed by atoms with Gasteiger partial charge < -0.3 is 9.80 Å². The van der Waals surface area contributed by atoms with E-state index in [9.17, 15) is 9.59 Å². The molecule has 0 saturated carbocycles. The van der Waals surface area contributed by atoms with Crippen LogP contribution in [-0.2, 0) is 4.79 Å². The molecule has 25 heavy (non-hydrogen) atoms. The lowest BCUT2D eigenvalue weighted by Gasteiger charge is -2.34. The van der Waals surface area contributed by atoms with Crippen molar-refractivity contribution >= 4 is 17.6 Å². The van der Waals surface area contributed by atoms with Gasteiger partial charge >= 0.3 is 0 Å². The second kappa shape index (κ2) is 7.88. The number of Topliss-reactive ketones (excluding diaryl/α,β-unsaturated/α-hetero) is 1. The smallest absolute Gasteiger partial charge is 0.225 e. The lowest BCUT2D eigenvalue weighted by Crippen LogP contribution is -2.49. The lowest BCUT2D eigenvalue weighted by atomic mass is 10.0. The molecule has 1 aliphatic rings. The van der Waals surface area contributed by atoms with Gasteiger partial charge in [0.1, 0.15) is 0 Å². The van der Waals surface area contributed by atoms with E-state index in [0.717, 1.165) is 5.56 Å². The molecule has 2 aromatic rings. The van der Waals surface area contributed by atoms with Gasteiger partial charge in [-0.2, -0.15) is 0 Å². The van der Waals surface area contributed by atoms with Crippen LogP contribution in [0.2, 0.25) is 0 Å². The topological polar surface area (TPSA) is 66.4 Å². The Morgan fingerprint density at radius 2 is 1.60 bits per heavy atom. The van der Waals surface area contributed by atoms with Gasteiger partial charge in [0.25, 0.3) is 0 Å². The van der Waals surface area contributed by atoms with E-state index in [0.29, 0.717) is 37.7 Å². The highest BCUT2D eigenvalue weighted by Crippen LogP contribution is 2.12. The average Bonchev–Trinajstić information content (AvgIpc) is 2.67. The number of benzene rings is 1. The number of nitrogens with zero attached hydrogens (tertiary/aromatic N) is 4. The maximum atomic E-state index is 12.4. The quantitative estimate of drug-likeness (QED) is 0.781. The van der Waals surface area contributed by atoms with Gasteiger partial charge in [-0.15, -0.1) is 0 Å². The molecule has 0 N–H and O–H groups in total. The zero-order chi connectivity index (χ0) is 17.6. The summed E-state index contributed by atoms with van der Waals surface area (Å²) >= 11 is 0. The van der Waals surface area contributed by atoms with E-state index in [1.807, 2.05) is 36.1 Å². The number of piperazine rings is 1. The largest absolute Gasteiger partial charge is 0.339 e. The monoisotopic (exact) mass is 338 g/mol. The first-order valence-electron chi connectivity index (χ1n) is 8.53. The first-order valence-corrected chi connectivity index (χ1v) is 8.53. The summed E-state index contributed by atoms with van der Waals surface area (Å²) in [6, 6.07) is 9.26. The normalized spacial score (nSPS) is 14.4.